The number of ether oxygens (including phenoxy) is 1. The van der Waals surface area contributed by atoms with Crippen molar-refractivity contribution in [3.8, 4) is 5.75 Å². The summed E-state index contributed by atoms with van der Waals surface area (Å²) in [5.41, 5.74) is 2.02. The van der Waals surface area contributed by atoms with Gasteiger partial charge in [0.15, 0.2) is 0 Å². The zero-order valence-electron chi connectivity index (χ0n) is 10.3. The Balaban J connectivity index is 2.19. The van der Waals surface area contributed by atoms with Crippen LogP contribution in [0.25, 0.3) is 0 Å². The third-order valence-corrected chi connectivity index (χ3v) is 2.99. The van der Waals surface area contributed by atoms with Crippen LogP contribution in [0.4, 0.5) is 8.78 Å². The predicted octanol–water partition coefficient (Wildman–Crippen LogP) is 4.16. The number of hydrogen-bond acceptors (Lipinski definition) is 1. The molecule has 0 radical (unpaired) electrons. The highest BCUT2D eigenvalue weighted by Crippen LogP contribution is 2.22. The Hall–Kier alpha value is -1.90. The van der Waals surface area contributed by atoms with Crippen molar-refractivity contribution in [2.75, 3.05) is 0 Å². The van der Waals surface area contributed by atoms with Gasteiger partial charge in [-0.15, -0.1) is 0 Å². The van der Waals surface area contributed by atoms with Gasteiger partial charge >= 0.3 is 0 Å². The lowest BCUT2D eigenvalue weighted by Gasteiger charge is -2.11. The van der Waals surface area contributed by atoms with Gasteiger partial charge in [-0.3, -0.25) is 0 Å². The van der Waals surface area contributed by atoms with Gasteiger partial charge in [0.05, 0.1) is 5.56 Å². The van der Waals surface area contributed by atoms with E-state index < -0.39 is 11.6 Å². The Kier molecular flexibility index (Phi) is 3.60. The summed E-state index contributed by atoms with van der Waals surface area (Å²) in [4.78, 5) is 0. The van der Waals surface area contributed by atoms with Crippen LogP contribution in [0.5, 0.6) is 5.75 Å². The minimum atomic E-state index is -0.583. The topological polar surface area (TPSA) is 9.23 Å². The van der Waals surface area contributed by atoms with Crippen molar-refractivity contribution in [2.24, 2.45) is 0 Å². The highest BCUT2D eigenvalue weighted by atomic mass is 19.1. The Bertz CT molecular complexity index is 544. The number of aryl methyl sites for hydroxylation is 1. The minimum absolute atomic E-state index is 0.0431. The minimum Gasteiger partial charge on any atom is -0.488 e. The molecule has 2 aromatic carbocycles. The molecule has 0 atom stereocenters. The molecule has 0 spiro atoms. The molecule has 18 heavy (non-hydrogen) atoms. The number of halogens is 2. The second-order valence-corrected chi connectivity index (χ2v) is 4.19. The van der Waals surface area contributed by atoms with Gasteiger partial charge < -0.3 is 4.74 Å². The van der Waals surface area contributed by atoms with Gasteiger partial charge in [-0.05, 0) is 43.2 Å². The maximum atomic E-state index is 13.4. The van der Waals surface area contributed by atoms with E-state index in [1.807, 2.05) is 26.0 Å². The zero-order chi connectivity index (χ0) is 13.1. The van der Waals surface area contributed by atoms with E-state index in [0.29, 0.717) is 5.75 Å². The van der Waals surface area contributed by atoms with E-state index in [9.17, 15) is 8.78 Å². The Morgan fingerprint density at radius 2 is 1.56 bits per heavy atom. The molecule has 94 valence electrons. The van der Waals surface area contributed by atoms with Crippen LogP contribution in [-0.2, 0) is 6.61 Å². The first kappa shape index (κ1) is 12.6. The number of rotatable bonds is 3. The van der Waals surface area contributed by atoms with Crippen LogP contribution in [0, 0.1) is 25.5 Å². The lowest BCUT2D eigenvalue weighted by Crippen LogP contribution is -2.03. The quantitative estimate of drug-likeness (QED) is 0.792. The molecule has 2 aromatic rings. The van der Waals surface area contributed by atoms with E-state index in [0.717, 1.165) is 11.1 Å². The lowest BCUT2D eigenvalue weighted by atomic mass is 10.1. The molecule has 0 aliphatic heterocycles. The average Bonchev–Trinajstić information content (AvgIpc) is 2.33. The molecule has 0 aromatic heterocycles. The van der Waals surface area contributed by atoms with Crippen molar-refractivity contribution in [2.45, 2.75) is 20.5 Å². The van der Waals surface area contributed by atoms with E-state index in [-0.39, 0.29) is 12.2 Å². The fraction of sp³-hybridized carbons (Fsp3) is 0.200. The van der Waals surface area contributed by atoms with Gasteiger partial charge in [0, 0.05) is 0 Å². The molecule has 0 aliphatic carbocycles. The van der Waals surface area contributed by atoms with Gasteiger partial charge in [-0.2, -0.15) is 0 Å². The van der Waals surface area contributed by atoms with E-state index in [2.05, 4.69) is 0 Å². The van der Waals surface area contributed by atoms with Crippen molar-refractivity contribution >= 4 is 0 Å². The normalized spacial score (nSPS) is 10.4. The van der Waals surface area contributed by atoms with Gasteiger partial charge in [-0.1, -0.05) is 18.2 Å². The molecule has 0 saturated heterocycles. The van der Waals surface area contributed by atoms with Crippen molar-refractivity contribution in [3.05, 3.63) is 64.7 Å². The molecule has 0 amide bonds. The summed E-state index contributed by atoms with van der Waals surface area (Å²) in [6.07, 6.45) is 0. The molecule has 0 saturated carbocycles. The first-order valence-corrected chi connectivity index (χ1v) is 5.71. The zero-order valence-corrected chi connectivity index (χ0v) is 10.3. The first-order chi connectivity index (χ1) is 8.59. The second-order valence-electron chi connectivity index (χ2n) is 4.19. The highest BCUT2D eigenvalue weighted by Gasteiger charge is 2.10. The molecular formula is C15H14F2O. The predicted molar refractivity (Wildman–Crippen MR) is 66.6 cm³/mol. The van der Waals surface area contributed by atoms with Crippen LogP contribution in [0.2, 0.25) is 0 Å². The molecule has 0 unspecified atom stereocenters. The average molecular weight is 248 g/mol. The van der Waals surface area contributed by atoms with Gasteiger partial charge in [0.25, 0.3) is 0 Å². The second kappa shape index (κ2) is 5.17. The number of hydrogen-bond donors (Lipinski definition) is 0. The molecular weight excluding hydrogens is 234 g/mol. The molecule has 0 aliphatic rings. The Labute approximate surface area is 105 Å². The summed E-state index contributed by atoms with van der Waals surface area (Å²) in [7, 11) is 0. The first-order valence-electron chi connectivity index (χ1n) is 5.71. The molecule has 0 fully saturated rings. The van der Waals surface area contributed by atoms with Gasteiger partial charge in [0.1, 0.15) is 24.0 Å². The van der Waals surface area contributed by atoms with Gasteiger partial charge in [-0.25, -0.2) is 8.78 Å². The van der Waals surface area contributed by atoms with Crippen LogP contribution in [-0.4, -0.2) is 0 Å². The third kappa shape index (κ3) is 2.50. The highest BCUT2D eigenvalue weighted by molar-refractivity contribution is 5.38. The summed E-state index contributed by atoms with van der Waals surface area (Å²) < 4.78 is 32.3. The van der Waals surface area contributed by atoms with E-state index in [4.69, 9.17) is 4.74 Å². The van der Waals surface area contributed by atoms with E-state index in [1.165, 1.54) is 18.2 Å². The van der Waals surface area contributed by atoms with Crippen molar-refractivity contribution in [1.29, 1.82) is 0 Å². The monoisotopic (exact) mass is 248 g/mol. The lowest BCUT2D eigenvalue weighted by molar-refractivity contribution is 0.290. The maximum absolute atomic E-state index is 13.4. The standard InChI is InChI=1S/C15H14F2O/c1-10-5-3-8-15(11(10)2)18-9-12-13(16)6-4-7-14(12)17/h3-8H,9H2,1-2H3. The smallest absolute Gasteiger partial charge is 0.132 e. The molecule has 1 nitrogen and oxygen atoms in total. The fourth-order valence-electron chi connectivity index (χ4n) is 1.70. The van der Waals surface area contributed by atoms with Crippen molar-refractivity contribution < 1.29 is 13.5 Å². The summed E-state index contributed by atoms with van der Waals surface area (Å²) in [6, 6.07) is 9.41. The maximum Gasteiger partial charge on any atom is 0.132 e. The third-order valence-electron chi connectivity index (χ3n) is 2.99. The van der Waals surface area contributed by atoms with Crippen molar-refractivity contribution in [3.63, 3.8) is 0 Å². The Morgan fingerprint density at radius 3 is 2.22 bits per heavy atom. The molecule has 0 N–H and O–H groups in total. The summed E-state index contributed by atoms with van der Waals surface area (Å²) in [6.45, 7) is 3.77. The van der Waals surface area contributed by atoms with E-state index >= 15 is 0 Å². The Morgan fingerprint density at radius 1 is 0.944 bits per heavy atom. The molecule has 0 heterocycles. The van der Waals surface area contributed by atoms with Crippen LogP contribution in [0.1, 0.15) is 16.7 Å². The van der Waals surface area contributed by atoms with Crippen LogP contribution in [0.3, 0.4) is 0 Å². The summed E-state index contributed by atoms with van der Waals surface area (Å²) in [5.74, 6) is -0.515. The fourth-order valence-corrected chi connectivity index (χ4v) is 1.70. The van der Waals surface area contributed by atoms with E-state index in [1.54, 1.807) is 6.07 Å². The molecule has 3 heteroatoms. The largest absolute Gasteiger partial charge is 0.488 e. The van der Waals surface area contributed by atoms with Crippen LogP contribution in [0.15, 0.2) is 36.4 Å². The summed E-state index contributed by atoms with van der Waals surface area (Å²) in [5, 5.41) is 0. The van der Waals surface area contributed by atoms with Crippen LogP contribution >= 0.6 is 0 Å². The van der Waals surface area contributed by atoms with Crippen molar-refractivity contribution in [1.82, 2.24) is 0 Å². The molecule has 0 bridgehead atoms. The SMILES string of the molecule is Cc1cccc(OCc2c(F)cccc2F)c1C. The summed E-state index contributed by atoms with van der Waals surface area (Å²) >= 11 is 0. The van der Waals surface area contributed by atoms with Crippen LogP contribution < -0.4 is 4.74 Å². The number of benzene rings is 2. The molecule has 2 rings (SSSR count). The van der Waals surface area contributed by atoms with Gasteiger partial charge in [0.2, 0.25) is 0 Å².